The Morgan fingerprint density at radius 3 is 2.52 bits per heavy atom. The molecule has 0 aliphatic carbocycles. The van der Waals surface area contributed by atoms with Gasteiger partial charge in [0.05, 0.1) is 0 Å². The van der Waals surface area contributed by atoms with Gasteiger partial charge in [-0.1, -0.05) is 13.8 Å². The van der Waals surface area contributed by atoms with Gasteiger partial charge in [0.1, 0.15) is 0 Å². The topological polar surface area (TPSA) is 68.2 Å². The maximum atomic E-state index is 12.2. The lowest BCUT2D eigenvalue weighted by molar-refractivity contribution is -0.126. The van der Waals surface area contributed by atoms with Crippen molar-refractivity contribution in [3.8, 4) is 0 Å². The molecule has 0 aromatic rings. The summed E-state index contributed by atoms with van der Waals surface area (Å²) in [5.74, 6) is 0.983. The van der Waals surface area contributed by atoms with E-state index in [-0.39, 0.29) is 11.9 Å². The van der Waals surface area contributed by atoms with Gasteiger partial charge in [-0.25, -0.2) is 9.79 Å². The lowest BCUT2D eigenvalue weighted by Crippen LogP contribution is -2.63. The Balaban J connectivity index is 2.00. The van der Waals surface area contributed by atoms with E-state index in [1.807, 2.05) is 18.7 Å². The van der Waals surface area contributed by atoms with Crippen molar-refractivity contribution in [3.63, 3.8) is 0 Å². The molecule has 3 aliphatic heterocycles. The second-order valence-corrected chi connectivity index (χ2v) is 6.24. The molecule has 0 aromatic heterocycles. The smallest absolute Gasteiger partial charge is 0.314 e. The van der Waals surface area contributed by atoms with Gasteiger partial charge in [0.2, 0.25) is 5.96 Å². The summed E-state index contributed by atoms with van der Waals surface area (Å²) in [5.41, 5.74) is 2.15. The molecule has 7 nitrogen and oxygen atoms in total. The van der Waals surface area contributed by atoms with Crippen LogP contribution in [0.2, 0.25) is 0 Å². The lowest BCUT2D eigenvalue weighted by Gasteiger charge is -2.35. The molecule has 7 heteroatoms. The van der Waals surface area contributed by atoms with E-state index < -0.39 is 12.2 Å². The number of carbonyl (C=O) groups is 2. The number of amides is 3. The van der Waals surface area contributed by atoms with E-state index >= 15 is 0 Å². The van der Waals surface area contributed by atoms with Gasteiger partial charge in [-0.15, -0.1) is 0 Å². The van der Waals surface area contributed by atoms with E-state index in [9.17, 15) is 9.59 Å². The summed E-state index contributed by atoms with van der Waals surface area (Å²) < 4.78 is 0. The molecule has 1 fully saturated rings. The van der Waals surface area contributed by atoms with E-state index in [4.69, 9.17) is 0 Å². The first-order chi connectivity index (χ1) is 9.82. The number of urea groups is 1. The first-order valence-corrected chi connectivity index (χ1v) is 7.22. The molecule has 0 radical (unpaired) electrons. The average molecular weight is 291 g/mol. The van der Waals surface area contributed by atoms with Crippen molar-refractivity contribution in [1.29, 1.82) is 0 Å². The van der Waals surface area contributed by atoms with Crippen LogP contribution in [-0.2, 0) is 4.79 Å². The van der Waals surface area contributed by atoms with E-state index in [0.29, 0.717) is 5.92 Å². The van der Waals surface area contributed by atoms with E-state index in [0.717, 1.165) is 23.9 Å². The summed E-state index contributed by atoms with van der Waals surface area (Å²) in [6.07, 6.45) is -0.445. The highest BCUT2D eigenvalue weighted by molar-refractivity contribution is 6.05. The number of carbonyl (C=O) groups excluding carboxylic acids is 2. The van der Waals surface area contributed by atoms with Crippen molar-refractivity contribution in [1.82, 2.24) is 20.0 Å². The van der Waals surface area contributed by atoms with E-state index in [1.165, 1.54) is 4.90 Å². The number of nitrogens with zero attached hydrogens (tertiary/aromatic N) is 4. The molecule has 3 heterocycles. The molecule has 21 heavy (non-hydrogen) atoms. The fraction of sp³-hybridized carbons (Fsp3) is 0.643. The molecule has 1 N–H and O–H groups in total. The number of rotatable bonds is 2. The Bertz CT molecular complexity index is 580. The molecule has 3 rings (SSSR count). The Morgan fingerprint density at radius 1 is 1.24 bits per heavy atom. The lowest BCUT2D eigenvalue weighted by atomic mass is 10.1. The van der Waals surface area contributed by atoms with Gasteiger partial charge in [0.15, 0.2) is 12.2 Å². The Labute approximate surface area is 124 Å². The first-order valence-electron chi connectivity index (χ1n) is 7.22. The van der Waals surface area contributed by atoms with Gasteiger partial charge in [-0.3, -0.25) is 15.0 Å². The summed E-state index contributed by atoms with van der Waals surface area (Å²) in [4.78, 5) is 34.2. The van der Waals surface area contributed by atoms with Gasteiger partial charge in [0, 0.05) is 25.0 Å². The van der Waals surface area contributed by atoms with Crippen LogP contribution in [0.5, 0.6) is 0 Å². The molecule has 2 unspecified atom stereocenters. The van der Waals surface area contributed by atoms with Gasteiger partial charge < -0.3 is 9.80 Å². The largest absolute Gasteiger partial charge is 0.325 e. The number of likely N-dealkylation sites (N-methyl/N-ethyl adjacent to an activating group) is 1. The van der Waals surface area contributed by atoms with Crippen LogP contribution in [0.1, 0.15) is 27.7 Å². The summed E-state index contributed by atoms with van der Waals surface area (Å²) in [6, 6.07) is -0.852. The third kappa shape index (κ3) is 1.83. The fourth-order valence-electron chi connectivity index (χ4n) is 3.11. The van der Waals surface area contributed by atoms with Crippen LogP contribution in [0, 0.1) is 5.92 Å². The molecule has 0 bridgehead atoms. The Morgan fingerprint density at radius 2 is 1.90 bits per heavy atom. The molecule has 3 amide bonds. The summed E-state index contributed by atoms with van der Waals surface area (Å²) in [6.45, 7) is 9.18. The number of aliphatic imine (C=N–C) groups is 1. The van der Waals surface area contributed by atoms with Crippen LogP contribution < -0.4 is 5.32 Å². The minimum Gasteiger partial charge on any atom is -0.314 e. The molecule has 0 aromatic carbocycles. The molecular weight excluding hydrogens is 270 g/mol. The van der Waals surface area contributed by atoms with E-state index in [1.54, 1.807) is 7.05 Å². The van der Waals surface area contributed by atoms with Crippen molar-refractivity contribution in [2.75, 3.05) is 13.6 Å². The van der Waals surface area contributed by atoms with Crippen LogP contribution in [-0.4, -0.2) is 58.4 Å². The van der Waals surface area contributed by atoms with Gasteiger partial charge in [-0.2, -0.15) is 0 Å². The van der Waals surface area contributed by atoms with Crippen LogP contribution in [0.4, 0.5) is 4.79 Å². The second kappa shape index (κ2) is 4.47. The average Bonchev–Trinajstić information content (AvgIpc) is 2.89. The number of hydrogen-bond acceptors (Lipinski definition) is 5. The maximum absolute atomic E-state index is 12.2. The summed E-state index contributed by atoms with van der Waals surface area (Å²) >= 11 is 0. The number of imide groups is 1. The molecule has 114 valence electrons. The van der Waals surface area contributed by atoms with Crippen LogP contribution in [0.3, 0.4) is 0 Å². The molecule has 2 atom stereocenters. The quantitative estimate of drug-likeness (QED) is 0.815. The Hall–Kier alpha value is -2.05. The third-order valence-corrected chi connectivity index (χ3v) is 4.32. The fourth-order valence-corrected chi connectivity index (χ4v) is 3.11. The predicted octanol–water partition coefficient (Wildman–Crippen LogP) is 0.757. The van der Waals surface area contributed by atoms with Crippen LogP contribution in [0.25, 0.3) is 0 Å². The van der Waals surface area contributed by atoms with E-state index in [2.05, 4.69) is 29.1 Å². The maximum Gasteiger partial charge on any atom is 0.325 e. The summed E-state index contributed by atoms with van der Waals surface area (Å²) in [7, 11) is 1.67. The minimum absolute atomic E-state index is 0.277. The number of guanidine groups is 1. The molecular formula is C14H21N5O2. The number of nitrogens with one attached hydrogen (secondary N) is 1. The molecule has 3 aliphatic rings. The number of allylic oxidation sites excluding steroid dienone is 2. The highest BCUT2D eigenvalue weighted by Crippen LogP contribution is 2.36. The number of hydrogen-bond donors (Lipinski definition) is 1. The second-order valence-electron chi connectivity index (χ2n) is 6.24. The van der Waals surface area contributed by atoms with Crippen molar-refractivity contribution < 1.29 is 9.59 Å². The zero-order valence-electron chi connectivity index (χ0n) is 13.0. The van der Waals surface area contributed by atoms with Gasteiger partial charge in [-0.05, 0) is 19.8 Å². The zero-order chi connectivity index (χ0) is 15.5. The minimum atomic E-state index is -0.463. The third-order valence-electron chi connectivity index (χ3n) is 4.32. The monoisotopic (exact) mass is 291 g/mol. The van der Waals surface area contributed by atoms with Crippen molar-refractivity contribution in [2.45, 2.75) is 39.9 Å². The molecule has 0 saturated carbocycles. The van der Waals surface area contributed by atoms with Gasteiger partial charge in [0.25, 0.3) is 5.91 Å². The molecule has 1 saturated heterocycles. The predicted molar refractivity (Wildman–Crippen MR) is 78.1 cm³/mol. The highest BCUT2D eigenvalue weighted by atomic mass is 16.2. The normalized spacial score (nSPS) is 28.3. The first kappa shape index (κ1) is 13.9. The highest BCUT2D eigenvalue weighted by Gasteiger charge is 2.52. The standard InChI is InChI=1S/C14H21N5O2/c1-7(2)6-18-8(3)9(4)19-10-11(15-13(18)19)17(5)14(21)16-12(10)20/h7,10-11H,6H2,1-5H3,(H,16,20,21). The van der Waals surface area contributed by atoms with Crippen molar-refractivity contribution in [3.05, 3.63) is 11.4 Å². The van der Waals surface area contributed by atoms with Crippen molar-refractivity contribution >= 4 is 17.9 Å². The Kier molecular flexibility index (Phi) is 2.96. The SMILES string of the molecule is CC1=C(C)N2C(=NC3C2C(=O)NC(=O)N3C)N1CC(C)C. The zero-order valence-corrected chi connectivity index (χ0v) is 13.0. The summed E-state index contributed by atoms with van der Waals surface area (Å²) in [5, 5.41) is 2.40. The van der Waals surface area contributed by atoms with Crippen LogP contribution in [0.15, 0.2) is 16.4 Å². The number of fused-ring (bicyclic) bond motifs is 3. The van der Waals surface area contributed by atoms with Crippen LogP contribution >= 0.6 is 0 Å². The van der Waals surface area contributed by atoms with Crippen molar-refractivity contribution in [2.24, 2.45) is 10.9 Å². The van der Waals surface area contributed by atoms with Gasteiger partial charge >= 0.3 is 6.03 Å². The molecule has 0 spiro atoms.